The van der Waals surface area contributed by atoms with E-state index in [4.69, 9.17) is 5.73 Å². The van der Waals surface area contributed by atoms with Crippen molar-refractivity contribution in [3.05, 3.63) is 47.9 Å². The first kappa shape index (κ1) is 9.45. The average Bonchev–Trinajstić information content (AvgIpc) is 2.67. The minimum Gasteiger partial charge on any atom is -0.366 e. The predicted octanol–water partition coefficient (Wildman–Crippen LogP) is 1.92. The van der Waals surface area contributed by atoms with Gasteiger partial charge in [0.25, 0.3) is 0 Å². The van der Waals surface area contributed by atoms with Crippen LogP contribution in [0.1, 0.15) is 10.4 Å². The number of nitrogens with one attached hydrogen (secondary N) is 1. The third-order valence-corrected chi connectivity index (χ3v) is 2.13. The van der Waals surface area contributed by atoms with Crippen molar-refractivity contribution in [2.24, 2.45) is 5.73 Å². The molecule has 3 nitrogen and oxygen atoms in total. The molecule has 76 valence electrons. The van der Waals surface area contributed by atoms with Crippen molar-refractivity contribution in [1.82, 2.24) is 4.98 Å². The summed E-state index contributed by atoms with van der Waals surface area (Å²) in [5.74, 6) is -0.871. The van der Waals surface area contributed by atoms with Crippen LogP contribution in [0.15, 0.2) is 36.5 Å². The fourth-order valence-electron chi connectivity index (χ4n) is 1.37. The highest BCUT2D eigenvalue weighted by molar-refractivity contribution is 5.93. The van der Waals surface area contributed by atoms with E-state index in [0.29, 0.717) is 16.8 Å². The lowest BCUT2D eigenvalue weighted by atomic mass is 10.1. The molecule has 3 N–H and O–H groups in total. The summed E-state index contributed by atoms with van der Waals surface area (Å²) in [4.78, 5) is 13.6. The van der Waals surface area contributed by atoms with Gasteiger partial charge in [0.15, 0.2) is 0 Å². The summed E-state index contributed by atoms with van der Waals surface area (Å²) < 4.78 is 13.3. The number of aromatic amines is 1. The molecule has 0 saturated heterocycles. The van der Waals surface area contributed by atoms with Gasteiger partial charge in [-0.1, -0.05) is 12.1 Å². The van der Waals surface area contributed by atoms with Crippen molar-refractivity contribution in [2.75, 3.05) is 0 Å². The van der Waals surface area contributed by atoms with Gasteiger partial charge in [-0.05, 0) is 18.2 Å². The standard InChI is InChI=1S/C11H9FN2O/c12-9-4-2-1-3-8(9)10-5-7(6-14-10)11(13)15/h1-6,14H,(H2,13,15). The van der Waals surface area contributed by atoms with Crippen LogP contribution < -0.4 is 5.73 Å². The highest BCUT2D eigenvalue weighted by Gasteiger charge is 2.08. The molecule has 1 heterocycles. The highest BCUT2D eigenvalue weighted by atomic mass is 19.1. The zero-order valence-corrected chi connectivity index (χ0v) is 7.83. The number of benzene rings is 1. The summed E-state index contributed by atoms with van der Waals surface area (Å²) in [7, 11) is 0. The van der Waals surface area contributed by atoms with Gasteiger partial charge in [-0.3, -0.25) is 4.79 Å². The number of rotatable bonds is 2. The lowest BCUT2D eigenvalue weighted by Crippen LogP contribution is -2.09. The van der Waals surface area contributed by atoms with Gasteiger partial charge in [0.1, 0.15) is 5.82 Å². The van der Waals surface area contributed by atoms with Gasteiger partial charge in [0.05, 0.1) is 5.56 Å². The molecule has 0 aliphatic heterocycles. The second kappa shape index (κ2) is 3.57. The monoisotopic (exact) mass is 204 g/mol. The maximum absolute atomic E-state index is 13.3. The van der Waals surface area contributed by atoms with Gasteiger partial charge in [0, 0.05) is 17.5 Å². The van der Waals surface area contributed by atoms with Crippen molar-refractivity contribution in [3.8, 4) is 11.3 Å². The Bertz CT molecular complexity index is 505. The number of aromatic nitrogens is 1. The molecule has 0 bridgehead atoms. The Morgan fingerprint density at radius 1 is 1.33 bits per heavy atom. The van der Waals surface area contributed by atoms with Crippen molar-refractivity contribution in [2.45, 2.75) is 0 Å². The quantitative estimate of drug-likeness (QED) is 0.771. The molecule has 0 aliphatic carbocycles. The molecular weight excluding hydrogens is 195 g/mol. The van der Waals surface area contributed by atoms with Gasteiger partial charge >= 0.3 is 0 Å². The van der Waals surface area contributed by atoms with E-state index in [9.17, 15) is 9.18 Å². The molecule has 2 aromatic rings. The van der Waals surface area contributed by atoms with Crippen molar-refractivity contribution in [3.63, 3.8) is 0 Å². The van der Waals surface area contributed by atoms with Gasteiger partial charge in [-0.15, -0.1) is 0 Å². The van der Waals surface area contributed by atoms with Crippen LogP contribution >= 0.6 is 0 Å². The summed E-state index contributed by atoms with van der Waals surface area (Å²) in [6.45, 7) is 0. The molecule has 1 aromatic carbocycles. The number of hydrogen-bond donors (Lipinski definition) is 2. The topological polar surface area (TPSA) is 58.9 Å². The first-order valence-electron chi connectivity index (χ1n) is 4.41. The van der Waals surface area contributed by atoms with Crippen LogP contribution in [0, 0.1) is 5.82 Å². The molecule has 1 aromatic heterocycles. The summed E-state index contributed by atoms with van der Waals surface area (Å²) in [6, 6.07) is 7.85. The van der Waals surface area contributed by atoms with E-state index in [2.05, 4.69) is 4.98 Å². The van der Waals surface area contributed by atoms with Crippen molar-refractivity contribution >= 4 is 5.91 Å². The summed E-state index contributed by atoms with van der Waals surface area (Å²) in [5, 5.41) is 0. The van der Waals surface area contributed by atoms with E-state index in [-0.39, 0.29) is 5.82 Å². The molecule has 2 rings (SSSR count). The predicted molar refractivity (Wildman–Crippen MR) is 54.7 cm³/mol. The van der Waals surface area contributed by atoms with E-state index in [1.165, 1.54) is 18.3 Å². The molecule has 0 spiro atoms. The summed E-state index contributed by atoms with van der Waals surface area (Å²) >= 11 is 0. The second-order valence-corrected chi connectivity index (χ2v) is 3.15. The largest absolute Gasteiger partial charge is 0.366 e. The van der Waals surface area contributed by atoms with Gasteiger partial charge in [-0.2, -0.15) is 0 Å². The minimum atomic E-state index is -0.533. The van der Waals surface area contributed by atoms with Crippen LogP contribution in [0.3, 0.4) is 0 Å². The number of halogens is 1. The molecule has 0 radical (unpaired) electrons. The fourth-order valence-corrected chi connectivity index (χ4v) is 1.37. The molecular formula is C11H9FN2O. The Morgan fingerprint density at radius 2 is 2.07 bits per heavy atom. The third-order valence-electron chi connectivity index (χ3n) is 2.13. The molecule has 0 unspecified atom stereocenters. The Kier molecular flexibility index (Phi) is 2.25. The Balaban J connectivity index is 2.46. The van der Waals surface area contributed by atoms with Crippen LogP contribution in [-0.4, -0.2) is 10.9 Å². The van der Waals surface area contributed by atoms with E-state index < -0.39 is 5.91 Å². The first-order valence-corrected chi connectivity index (χ1v) is 4.41. The molecule has 0 atom stereocenters. The zero-order valence-electron chi connectivity index (χ0n) is 7.83. The Hall–Kier alpha value is -2.10. The van der Waals surface area contributed by atoms with E-state index >= 15 is 0 Å². The summed E-state index contributed by atoms with van der Waals surface area (Å²) in [5.41, 5.74) is 6.40. The van der Waals surface area contributed by atoms with E-state index in [1.807, 2.05) is 0 Å². The Labute approximate surface area is 85.7 Å². The number of carbonyl (C=O) groups excluding carboxylic acids is 1. The fraction of sp³-hybridized carbons (Fsp3) is 0. The van der Waals surface area contributed by atoms with Crippen LogP contribution in [-0.2, 0) is 0 Å². The smallest absolute Gasteiger partial charge is 0.250 e. The van der Waals surface area contributed by atoms with Crippen LogP contribution in [0.2, 0.25) is 0 Å². The molecule has 4 heteroatoms. The number of carbonyl (C=O) groups is 1. The normalized spacial score (nSPS) is 10.2. The maximum atomic E-state index is 13.3. The van der Waals surface area contributed by atoms with Crippen LogP contribution in [0.4, 0.5) is 4.39 Å². The SMILES string of the molecule is NC(=O)c1c[nH]c(-c2ccccc2F)c1. The van der Waals surface area contributed by atoms with Crippen molar-refractivity contribution < 1.29 is 9.18 Å². The molecule has 0 saturated carbocycles. The van der Waals surface area contributed by atoms with Crippen LogP contribution in [0.5, 0.6) is 0 Å². The maximum Gasteiger partial charge on any atom is 0.250 e. The Morgan fingerprint density at radius 3 is 2.67 bits per heavy atom. The lowest BCUT2D eigenvalue weighted by Gasteiger charge is -1.98. The number of amides is 1. The number of primary amides is 1. The number of nitrogens with two attached hydrogens (primary N) is 1. The first-order chi connectivity index (χ1) is 7.18. The number of H-pyrrole nitrogens is 1. The molecule has 1 amide bonds. The average molecular weight is 204 g/mol. The lowest BCUT2D eigenvalue weighted by molar-refractivity contribution is 0.100. The molecule has 15 heavy (non-hydrogen) atoms. The van der Waals surface area contributed by atoms with Crippen LogP contribution in [0.25, 0.3) is 11.3 Å². The van der Waals surface area contributed by atoms with Crippen molar-refractivity contribution in [1.29, 1.82) is 0 Å². The number of hydrogen-bond acceptors (Lipinski definition) is 1. The summed E-state index contributed by atoms with van der Waals surface area (Å²) in [6.07, 6.45) is 1.46. The molecule has 0 aliphatic rings. The van der Waals surface area contributed by atoms with Gasteiger partial charge in [-0.25, -0.2) is 4.39 Å². The highest BCUT2D eigenvalue weighted by Crippen LogP contribution is 2.21. The van der Waals surface area contributed by atoms with E-state index in [0.717, 1.165) is 0 Å². The van der Waals surface area contributed by atoms with Gasteiger partial charge in [0.2, 0.25) is 5.91 Å². The zero-order chi connectivity index (χ0) is 10.8. The van der Waals surface area contributed by atoms with Gasteiger partial charge < -0.3 is 10.7 Å². The third kappa shape index (κ3) is 1.74. The second-order valence-electron chi connectivity index (χ2n) is 3.15. The molecule has 0 fully saturated rings. The van der Waals surface area contributed by atoms with E-state index in [1.54, 1.807) is 18.2 Å². The minimum absolute atomic E-state index is 0.338.